The molecule has 0 bridgehead atoms. The third-order valence-corrected chi connectivity index (χ3v) is 5.90. The van der Waals surface area contributed by atoms with Gasteiger partial charge in [0.05, 0.1) is 0 Å². The topological polar surface area (TPSA) is 0 Å². The molecule has 1 aromatic rings. The summed E-state index contributed by atoms with van der Waals surface area (Å²) in [5.74, 6) is 0. The molecule has 0 nitrogen and oxygen atoms in total. The standard InChI is InChI=1S/C6H5.C4H9.Zn/c1-2-4-6-5-3-1;1-3-4-2;/h1-5H;1,3-4H2,2H3;. The van der Waals surface area contributed by atoms with E-state index in [0.29, 0.717) is 0 Å². The van der Waals surface area contributed by atoms with Crippen molar-refractivity contribution in [2.75, 3.05) is 0 Å². The minimum atomic E-state index is -0.331. The number of hydrogen-bond acceptors (Lipinski definition) is 0. The molecule has 1 heteroatoms. The summed E-state index contributed by atoms with van der Waals surface area (Å²) in [6.07, 6.45) is 2.80. The number of unbranched alkanes of at least 4 members (excludes halogenated alkanes) is 1. The summed E-state index contributed by atoms with van der Waals surface area (Å²) in [6, 6.07) is 11.0. The Bertz CT molecular complexity index is 181. The molecule has 0 amide bonds. The van der Waals surface area contributed by atoms with E-state index in [0.717, 1.165) is 0 Å². The molecule has 0 aromatic heterocycles. The maximum atomic E-state index is 2.29. The first-order valence-corrected chi connectivity index (χ1v) is 8.05. The summed E-state index contributed by atoms with van der Waals surface area (Å²) in [5.41, 5.74) is 0. The van der Waals surface area contributed by atoms with Crippen LogP contribution in [0.25, 0.3) is 0 Å². The van der Waals surface area contributed by atoms with Crippen molar-refractivity contribution in [3.8, 4) is 0 Å². The van der Waals surface area contributed by atoms with E-state index in [1.807, 2.05) is 0 Å². The van der Waals surface area contributed by atoms with Crippen LogP contribution in [0.4, 0.5) is 0 Å². The summed E-state index contributed by atoms with van der Waals surface area (Å²) >= 11 is -0.331. The van der Waals surface area contributed by atoms with E-state index in [1.54, 1.807) is 4.16 Å². The summed E-state index contributed by atoms with van der Waals surface area (Å²) in [6.45, 7) is 2.27. The Morgan fingerprint density at radius 2 is 1.91 bits per heavy atom. The van der Waals surface area contributed by atoms with Crippen LogP contribution in [-0.2, 0) is 17.1 Å². The molecule has 11 heavy (non-hydrogen) atoms. The fraction of sp³-hybridized carbons (Fsp3) is 0.400. The molecule has 0 unspecified atom stereocenters. The third-order valence-electron chi connectivity index (χ3n) is 1.91. The third kappa shape index (κ3) is 3.67. The van der Waals surface area contributed by atoms with Crippen LogP contribution >= 0.6 is 0 Å². The average molecular weight is 200 g/mol. The molecule has 0 saturated carbocycles. The second-order valence-corrected chi connectivity index (χ2v) is 7.19. The van der Waals surface area contributed by atoms with E-state index in [2.05, 4.69) is 37.3 Å². The zero-order chi connectivity index (χ0) is 7.94. The van der Waals surface area contributed by atoms with Crippen LogP contribution in [-0.4, -0.2) is 0 Å². The van der Waals surface area contributed by atoms with Crippen LogP contribution in [0.3, 0.4) is 0 Å². The molecule has 0 saturated heterocycles. The first-order chi connectivity index (χ1) is 5.43. The van der Waals surface area contributed by atoms with Crippen LogP contribution < -0.4 is 4.16 Å². The van der Waals surface area contributed by atoms with Crippen molar-refractivity contribution in [2.45, 2.75) is 24.8 Å². The fourth-order valence-electron chi connectivity index (χ4n) is 1.22. The maximum absolute atomic E-state index is 2.29. The van der Waals surface area contributed by atoms with E-state index >= 15 is 0 Å². The van der Waals surface area contributed by atoms with Crippen molar-refractivity contribution in [2.24, 2.45) is 0 Å². The van der Waals surface area contributed by atoms with E-state index in [1.165, 1.54) is 17.9 Å². The van der Waals surface area contributed by atoms with E-state index < -0.39 is 0 Å². The Morgan fingerprint density at radius 1 is 1.18 bits per heavy atom. The van der Waals surface area contributed by atoms with Gasteiger partial charge in [0.15, 0.2) is 0 Å². The molecule has 56 valence electrons. The average Bonchev–Trinajstić information content (AvgIpc) is 2.07. The van der Waals surface area contributed by atoms with Crippen molar-refractivity contribution in [1.29, 1.82) is 0 Å². The van der Waals surface area contributed by atoms with Crippen LogP contribution in [0.15, 0.2) is 30.3 Å². The Kier molecular flexibility index (Phi) is 4.46. The minimum absolute atomic E-state index is 0.331. The predicted molar refractivity (Wildman–Crippen MR) is 45.8 cm³/mol. The van der Waals surface area contributed by atoms with Gasteiger partial charge in [-0.1, -0.05) is 0 Å². The van der Waals surface area contributed by atoms with Gasteiger partial charge in [0.2, 0.25) is 0 Å². The Labute approximate surface area is 76.6 Å². The molecule has 1 rings (SSSR count). The summed E-state index contributed by atoms with van der Waals surface area (Å²) in [7, 11) is 0. The second-order valence-electron chi connectivity index (χ2n) is 2.94. The summed E-state index contributed by atoms with van der Waals surface area (Å²) < 4.78 is 1.66. The molecular formula is C10H14Zn. The van der Waals surface area contributed by atoms with Gasteiger partial charge < -0.3 is 0 Å². The molecule has 0 N–H and O–H groups in total. The Hall–Kier alpha value is -0.157. The molecule has 0 aliphatic carbocycles. The normalized spacial score (nSPS) is 9.18. The zero-order valence-corrected chi connectivity index (χ0v) is 10.2. The second kappa shape index (κ2) is 5.49. The number of rotatable bonds is 4. The van der Waals surface area contributed by atoms with Gasteiger partial charge in [-0.15, -0.1) is 0 Å². The first kappa shape index (κ1) is 8.94. The molecule has 0 atom stereocenters. The van der Waals surface area contributed by atoms with Gasteiger partial charge in [0, 0.05) is 0 Å². The predicted octanol–water partition coefficient (Wildman–Crippen LogP) is 2.61. The van der Waals surface area contributed by atoms with E-state index in [-0.39, 0.29) is 17.1 Å². The SMILES string of the molecule is CCC[CH2][Zn][c]1ccccc1. The van der Waals surface area contributed by atoms with Crippen molar-refractivity contribution < 1.29 is 17.1 Å². The van der Waals surface area contributed by atoms with Crippen LogP contribution in [0.2, 0.25) is 5.02 Å². The van der Waals surface area contributed by atoms with Gasteiger partial charge in [-0.3, -0.25) is 0 Å². The number of benzene rings is 1. The summed E-state index contributed by atoms with van der Waals surface area (Å²) in [5, 5.41) is 1.52. The van der Waals surface area contributed by atoms with Crippen molar-refractivity contribution in [1.82, 2.24) is 0 Å². The van der Waals surface area contributed by atoms with E-state index in [9.17, 15) is 0 Å². The fourth-order valence-corrected chi connectivity index (χ4v) is 4.92. The molecule has 0 spiro atoms. The van der Waals surface area contributed by atoms with Gasteiger partial charge >= 0.3 is 76.4 Å². The molecule has 0 radical (unpaired) electrons. The van der Waals surface area contributed by atoms with Gasteiger partial charge in [-0.05, 0) is 0 Å². The van der Waals surface area contributed by atoms with Gasteiger partial charge in [0.25, 0.3) is 0 Å². The van der Waals surface area contributed by atoms with Gasteiger partial charge in [-0.25, -0.2) is 0 Å². The molecule has 1 aromatic carbocycles. The van der Waals surface area contributed by atoms with Crippen molar-refractivity contribution in [3.63, 3.8) is 0 Å². The van der Waals surface area contributed by atoms with Gasteiger partial charge in [0.1, 0.15) is 0 Å². The van der Waals surface area contributed by atoms with Crippen LogP contribution in [0, 0.1) is 0 Å². The van der Waals surface area contributed by atoms with Crippen LogP contribution in [0.5, 0.6) is 0 Å². The quantitative estimate of drug-likeness (QED) is 0.517. The Morgan fingerprint density at radius 3 is 2.55 bits per heavy atom. The monoisotopic (exact) mass is 198 g/mol. The van der Waals surface area contributed by atoms with Crippen molar-refractivity contribution >= 4 is 4.16 Å². The molecule has 0 aliphatic heterocycles. The molecule has 0 aliphatic rings. The molecule has 0 fully saturated rings. The van der Waals surface area contributed by atoms with Gasteiger partial charge in [-0.2, -0.15) is 0 Å². The molecular weight excluding hydrogens is 185 g/mol. The van der Waals surface area contributed by atoms with Crippen molar-refractivity contribution in [3.05, 3.63) is 30.3 Å². The molecule has 0 heterocycles. The Balaban J connectivity index is 2.28. The first-order valence-electron chi connectivity index (χ1n) is 4.47. The summed E-state index contributed by atoms with van der Waals surface area (Å²) in [4.78, 5) is 0. The van der Waals surface area contributed by atoms with Crippen LogP contribution in [0.1, 0.15) is 19.8 Å². The zero-order valence-electron chi connectivity index (χ0n) is 7.22. The number of hydrogen-bond donors (Lipinski definition) is 0. The van der Waals surface area contributed by atoms with E-state index in [4.69, 9.17) is 0 Å².